The Morgan fingerprint density at radius 3 is 2.75 bits per heavy atom. The number of oxime groups is 1. The zero-order valence-electron chi connectivity index (χ0n) is 10.8. The molecule has 0 spiro atoms. The molecule has 3 nitrogen and oxygen atoms in total. The maximum absolute atomic E-state index is 13.1. The van der Waals surface area contributed by atoms with Crippen LogP contribution in [0.5, 0.6) is 5.75 Å². The van der Waals surface area contributed by atoms with Gasteiger partial charge in [-0.25, -0.2) is 4.39 Å². The predicted octanol–water partition coefficient (Wildman–Crippen LogP) is 4.26. The van der Waals surface area contributed by atoms with Crippen LogP contribution in [0.4, 0.5) is 4.39 Å². The minimum atomic E-state index is -0.459. The quantitative estimate of drug-likeness (QED) is 0.520. The van der Waals surface area contributed by atoms with Crippen molar-refractivity contribution < 1.29 is 14.3 Å². The Balaban J connectivity index is 2.17. The van der Waals surface area contributed by atoms with Gasteiger partial charge < -0.3 is 9.94 Å². The normalized spacial score (nSPS) is 11.4. The molecule has 104 valence electrons. The Hall–Kier alpha value is -2.07. The van der Waals surface area contributed by atoms with Crippen LogP contribution in [0.25, 0.3) is 0 Å². The summed E-state index contributed by atoms with van der Waals surface area (Å²) in [6.07, 6.45) is 0. The first-order chi connectivity index (χ1) is 9.61. The average molecular weight is 294 g/mol. The van der Waals surface area contributed by atoms with E-state index in [4.69, 9.17) is 21.5 Å². The fraction of sp³-hybridized carbons (Fsp3) is 0.133. The number of rotatable bonds is 4. The summed E-state index contributed by atoms with van der Waals surface area (Å²) in [5, 5.41) is 12.1. The molecule has 0 heterocycles. The molecule has 0 bridgehead atoms. The SMILES string of the molecule is C/C(=N/O)c1ccccc1OCc1ccc(F)c(Cl)c1. The van der Waals surface area contributed by atoms with Crippen molar-refractivity contribution >= 4 is 17.3 Å². The largest absolute Gasteiger partial charge is 0.488 e. The number of halogens is 2. The highest BCUT2D eigenvalue weighted by atomic mass is 35.5. The highest BCUT2D eigenvalue weighted by molar-refractivity contribution is 6.30. The first-order valence-corrected chi connectivity index (χ1v) is 6.34. The fourth-order valence-corrected chi connectivity index (χ4v) is 1.94. The molecule has 20 heavy (non-hydrogen) atoms. The highest BCUT2D eigenvalue weighted by Crippen LogP contribution is 2.22. The topological polar surface area (TPSA) is 41.8 Å². The molecule has 0 aliphatic carbocycles. The molecule has 0 aromatic heterocycles. The van der Waals surface area contributed by atoms with Gasteiger partial charge in [-0.3, -0.25) is 0 Å². The van der Waals surface area contributed by atoms with E-state index in [1.54, 1.807) is 25.1 Å². The lowest BCUT2D eigenvalue weighted by atomic mass is 10.1. The minimum Gasteiger partial charge on any atom is -0.488 e. The van der Waals surface area contributed by atoms with Crippen LogP contribution in [0.15, 0.2) is 47.6 Å². The first-order valence-electron chi connectivity index (χ1n) is 5.96. The van der Waals surface area contributed by atoms with Gasteiger partial charge in [0.25, 0.3) is 0 Å². The second-order valence-electron chi connectivity index (χ2n) is 4.22. The lowest BCUT2D eigenvalue weighted by Crippen LogP contribution is -2.02. The van der Waals surface area contributed by atoms with Crippen molar-refractivity contribution in [1.29, 1.82) is 0 Å². The zero-order valence-corrected chi connectivity index (χ0v) is 11.6. The van der Waals surface area contributed by atoms with E-state index in [1.807, 2.05) is 12.1 Å². The van der Waals surface area contributed by atoms with Gasteiger partial charge in [-0.05, 0) is 36.8 Å². The monoisotopic (exact) mass is 293 g/mol. The lowest BCUT2D eigenvalue weighted by Gasteiger charge is -2.11. The van der Waals surface area contributed by atoms with Gasteiger partial charge in [0.05, 0.1) is 10.7 Å². The number of para-hydroxylation sites is 1. The number of hydrogen-bond acceptors (Lipinski definition) is 3. The summed E-state index contributed by atoms with van der Waals surface area (Å²) in [4.78, 5) is 0. The van der Waals surface area contributed by atoms with Crippen LogP contribution >= 0.6 is 11.6 Å². The smallest absolute Gasteiger partial charge is 0.141 e. The zero-order chi connectivity index (χ0) is 14.5. The molecule has 0 aliphatic rings. The Morgan fingerprint density at radius 2 is 2.05 bits per heavy atom. The van der Waals surface area contributed by atoms with E-state index in [2.05, 4.69) is 5.16 Å². The molecule has 2 aromatic carbocycles. The Kier molecular flexibility index (Phi) is 4.58. The maximum atomic E-state index is 13.1. The second kappa shape index (κ2) is 6.39. The van der Waals surface area contributed by atoms with Crippen molar-refractivity contribution in [2.45, 2.75) is 13.5 Å². The maximum Gasteiger partial charge on any atom is 0.141 e. The van der Waals surface area contributed by atoms with E-state index < -0.39 is 5.82 Å². The van der Waals surface area contributed by atoms with Crippen LogP contribution in [0.3, 0.4) is 0 Å². The standard InChI is InChI=1S/C15H13ClFNO2/c1-10(18-19)12-4-2-3-5-15(12)20-9-11-6-7-14(17)13(16)8-11/h2-8,19H,9H2,1H3/b18-10-. The summed E-state index contributed by atoms with van der Waals surface area (Å²) in [5.41, 5.74) is 1.91. The van der Waals surface area contributed by atoms with Gasteiger partial charge in [-0.1, -0.05) is 35.0 Å². The van der Waals surface area contributed by atoms with Crippen molar-refractivity contribution in [2.75, 3.05) is 0 Å². The molecule has 0 aliphatic heterocycles. The molecule has 5 heteroatoms. The van der Waals surface area contributed by atoms with E-state index in [1.165, 1.54) is 12.1 Å². The first kappa shape index (κ1) is 14.3. The Bertz CT molecular complexity index is 644. The summed E-state index contributed by atoms with van der Waals surface area (Å²) in [6, 6.07) is 11.6. The van der Waals surface area contributed by atoms with Crippen molar-refractivity contribution in [3.8, 4) is 5.75 Å². The van der Waals surface area contributed by atoms with E-state index >= 15 is 0 Å². The van der Waals surface area contributed by atoms with Crippen molar-refractivity contribution in [2.24, 2.45) is 5.16 Å². The average Bonchev–Trinajstić information content (AvgIpc) is 2.48. The van der Waals surface area contributed by atoms with Crippen LogP contribution in [0, 0.1) is 5.82 Å². The molecule has 0 saturated carbocycles. The van der Waals surface area contributed by atoms with Crippen molar-refractivity contribution in [1.82, 2.24) is 0 Å². The number of benzene rings is 2. The lowest BCUT2D eigenvalue weighted by molar-refractivity contribution is 0.303. The number of nitrogens with zero attached hydrogens (tertiary/aromatic N) is 1. The molecule has 0 amide bonds. The summed E-state index contributed by atoms with van der Waals surface area (Å²) >= 11 is 5.72. The Morgan fingerprint density at radius 1 is 1.30 bits per heavy atom. The van der Waals surface area contributed by atoms with Crippen LogP contribution in [-0.2, 0) is 6.61 Å². The molecule has 0 saturated heterocycles. The third-order valence-electron chi connectivity index (χ3n) is 2.81. The van der Waals surface area contributed by atoms with Crippen LogP contribution in [-0.4, -0.2) is 10.9 Å². The van der Waals surface area contributed by atoms with Gasteiger partial charge in [-0.2, -0.15) is 0 Å². The molecule has 0 atom stereocenters. The molecular weight excluding hydrogens is 281 g/mol. The van der Waals surface area contributed by atoms with Gasteiger partial charge >= 0.3 is 0 Å². The second-order valence-corrected chi connectivity index (χ2v) is 4.63. The minimum absolute atomic E-state index is 0.0625. The molecule has 2 aromatic rings. The van der Waals surface area contributed by atoms with E-state index in [9.17, 15) is 4.39 Å². The van der Waals surface area contributed by atoms with Gasteiger partial charge in [0, 0.05) is 5.56 Å². The van der Waals surface area contributed by atoms with Gasteiger partial charge in [0.2, 0.25) is 0 Å². The van der Waals surface area contributed by atoms with Crippen LogP contribution < -0.4 is 4.74 Å². The van der Waals surface area contributed by atoms with E-state index in [0.29, 0.717) is 17.0 Å². The predicted molar refractivity (Wildman–Crippen MR) is 76.2 cm³/mol. The Labute approximate surface area is 121 Å². The van der Waals surface area contributed by atoms with Crippen molar-refractivity contribution in [3.63, 3.8) is 0 Å². The van der Waals surface area contributed by atoms with Crippen LogP contribution in [0.2, 0.25) is 5.02 Å². The number of hydrogen-bond donors (Lipinski definition) is 1. The van der Waals surface area contributed by atoms with E-state index in [-0.39, 0.29) is 11.6 Å². The molecule has 0 radical (unpaired) electrons. The summed E-state index contributed by atoms with van der Waals surface area (Å²) in [5.74, 6) is 0.127. The molecule has 2 rings (SSSR count). The van der Waals surface area contributed by atoms with Crippen LogP contribution in [0.1, 0.15) is 18.1 Å². The van der Waals surface area contributed by atoms with Gasteiger partial charge in [-0.15, -0.1) is 0 Å². The molecular formula is C15H13ClFNO2. The van der Waals surface area contributed by atoms with Crippen molar-refractivity contribution in [3.05, 3.63) is 64.4 Å². The fourth-order valence-electron chi connectivity index (χ4n) is 1.74. The summed E-state index contributed by atoms with van der Waals surface area (Å²) in [7, 11) is 0. The third-order valence-corrected chi connectivity index (χ3v) is 3.09. The highest BCUT2D eigenvalue weighted by Gasteiger charge is 2.07. The summed E-state index contributed by atoms with van der Waals surface area (Å²) < 4.78 is 18.7. The van der Waals surface area contributed by atoms with Gasteiger partial charge in [0.1, 0.15) is 18.2 Å². The third kappa shape index (κ3) is 3.27. The summed E-state index contributed by atoms with van der Waals surface area (Å²) in [6.45, 7) is 1.92. The molecule has 0 unspecified atom stereocenters. The molecule has 1 N–H and O–H groups in total. The van der Waals surface area contributed by atoms with Gasteiger partial charge in [0.15, 0.2) is 0 Å². The number of ether oxygens (including phenoxy) is 1. The molecule has 0 fully saturated rings. The van der Waals surface area contributed by atoms with E-state index in [0.717, 1.165) is 5.56 Å².